The van der Waals surface area contributed by atoms with Gasteiger partial charge in [0.1, 0.15) is 5.92 Å². The van der Waals surface area contributed by atoms with Crippen LogP contribution in [0.15, 0.2) is 11.6 Å². The van der Waals surface area contributed by atoms with E-state index in [1.807, 2.05) is 0 Å². The second-order valence-corrected chi connectivity index (χ2v) is 3.76. The molecule has 0 heterocycles. The van der Waals surface area contributed by atoms with E-state index in [9.17, 15) is 5.21 Å². The Labute approximate surface area is 72.7 Å². The second kappa shape index (κ2) is 2.82. The smallest absolute Gasteiger partial charge is 0.306 e. The zero-order valence-electron chi connectivity index (χ0n) is 7.29. The minimum atomic E-state index is 0.256. The Balaban J connectivity index is 2.26. The largest absolute Gasteiger partial charge is 0.498 e. The van der Waals surface area contributed by atoms with Gasteiger partial charge in [-0.25, -0.2) is 0 Å². The molecule has 0 aliphatic heterocycles. The Kier molecular flexibility index (Phi) is 1.80. The molecular formula is C10H13NO. The Morgan fingerprint density at radius 2 is 2.42 bits per heavy atom. The molecule has 0 amide bonds. The SMILES string of the molecule is C/C=C1/C2CCC(C2)C1C#[N+][O-]. The first kappa shape index (κ1) is 7.67. The van der Waals surface area contributed by atoms with Crippen molar-refractivity contribution in [3.05, 3.63) is 21.9 Å². The Morgan fingerprint density at radius 1 is 1.58 bits per heavy atom. The number of nitrogens with zero attached hydrogens (tertiary/aromatic N) is 1. The molecule has 2 fully saturated rings. The molecule has 3 atom stereocenters. The van der Waals surface area contributed by atoms with E-state index in [1.165, 1.54) is 24.8 Å². The fourth-order valence-corrected chi connectivity index (χ4v) is 2.80. The van der Waals surface area contributed by atoms with Crippen LogP contribution in [-0.2, 0) is 0 Å². The van der Waals surface area contributed by atoms with Gasteiger partial charge in [0.2, 0.25) is 0 Å². The van der Waals surface area contributed by atoms with E-state index in [0.29, 0.717) is 5.92 Å². The lowest BCUT2D eigenvalue weighted by Crippen LogP contribution is -2.11. The van der Waals surface area contributed by atoms with Gasteiger partial charge in [-0.05, 0) is 43.6 Å². The minimum Gasteiger partial charge on any atom is -0.498 e. The number of fused-ring (bicyclic) bond motifs is 2. The normalized spacial score (nSPS) is 41.4. The zero-order valence-corrected chi connectivity index (χ0v) is 7.29. The van der Waals surface area contributed by atoms with E-state index in [-0.39, 0.29) is 5.92 Å². The number of hydrogen-bond donors (Lipinski definition) is 0. The van der Waals surface area contributed by atoms with Crippen LogP contribution in [0.5, 0.6) is 0 Å². The van der Waals surface area contributed by atoms with Crippen molar-refractivity contribution in [3.63, 3.8) is 0 Å². The first-order valence-electron chi connectivity index (χ1n) is 4.60. The fraction of sp³-hybridized carbons (Fsp3) is 0.700. The van der Waals surface area contributed by atoms with Gasteiger partial charge in [-0.15, -0.1) is 0 Å². The average molecular weight is 163 g/mol. The molecule has 2 bridgehead atoms. The van der Waals surface area contributed by atoms with Crippen molar-refractivity contribution < 1.29 is 0 Å². The van der Waals surface area contributed by atoms with E-state index in [2.05, 4.69) is 24.1 Å². The lowest BCUT2D eigenvalue weighted by atomic mass is 9.85. The molecule has 2 rings (SSSR count). The van der Waals surface area contributed by atoms with Gasteiger partial charge in [-0.1, -0.05) is 6.08 Å². The van der Waals surface area contributed by atoms with E-state index < -0.39 is 0 Å². The van der Waals surface area contributed by atoms with E-state index in [1.54, 1.807) is 0 Å². The van der Waals surface area contributed by atoms with Crippen molar-refractivity contribution in [2.24, 2.45) is 17.8 Å². The summed E-state index contributed by atoms with van der Waals surface area (Å²) in [6, 6.07) is 2.68. The maximum atomic E-state index is 10.1. The van der Waals surface area contributed by atoms with Crippen LogP contribution < -0.4 is 0 Å². The summed E-state index contributed by atoms with van der Waals surface area (Å²) in [7, 11) is 0. The summed E-state index contributed by atoms with van der Waals surface area (Å²) in [6.45, 7) is 2.05. The Morgan fingerprint density at radius 3 is 3.08 bits per heavy atom. The quantitative estimate of drug-likeness (QED) is 0.398. The molecule has 2 nitrogen and oxygen atoms in total. The minimum absolute atomic E-state index is 0.256. The summed E-state index contributed by atoms with van der Waals surface area (Å²) in [5.41, 5.74) is 1.41. The molecule has 12 heavy (non-hydrogen) atoms. The van der Waals surface area contributed by atoms with Gasteiger partial charge < -0.3 is 5.21 Å². The van der Waals surface area contributed by atoms with Crippen LogP contribution >= 0.6 is 0 Å². The zero-order chi connectivity index (χ0) is 8.55. The van der Waals surface area contributed by atoms with Crippen molar-refractivity contribution in [2.75, 3.05) is 0 Å². The van der Waals surface area contributed by atoms with E-state index >= 15 is 0 Å². The molecule has 0 radical (unpaired) electrons. The molecule has 3 unspecified atom stereocenters. The molecule has 0 aromatic carbocycles. The highest BCUT2D eigenvalue weighted by Crippen LogP contribution is 2.51. The molecule has 0 aromatic heterocycles. The van der Waals surface area contributed by atoms with Crippen LogP contribution in [0.2, 0.25) is 0 Å². The lowest BCUT2D eigenvalue weighted by Gasteiger charge is -2.15. The molecule has 2 aliphatic rings. The molecule has 2 aliphatic carbocycles. The van der Waals surface area contributed by atoms with Gasteiger partial charge in [0, 0.05) is 5.01 Å². The standard InChI is InChI=1S/C10H13NO/c1-2-9-7-3-4-8(5-7)10(9)6-11-12/h2,7-8,10H,3-5H2,1H3/b9-2-. The third-order valence-corrected chi connectivity index (χ3v) is 3.30. The van der Waals surface area contributed by atoms with Crippen molar-refractivity contribution in [1.82, 2.24) is 0 Å². The predicted octanol–water partition coefficient (Wildman–Crippen LogP) is 2.81. The van der Waals surface area contributed by atoms with Crippen LogP contribution in [0.1, 0.15) is 26.2 Å². The maximum Gasteiger partial charge on any atom is 0.306 e. The molecule has 2 saturated carbocycles. The highest BCUT2D eigenvalue weighted by atomic mass is 16.4. The van der Waals surface area contributed by atoms with Crippen molar-refractivity contribution in [1.29, 1.82) is 0 Å². The molecule has 0 saturated heterocycles. The van der Waals surface area contributed by atoms with Crippen LogP contribution in [-0.4, -0.2) is 0 Å². The first-order valence-corrected chi connectivity index (χ1v) is 4.60. The van der Waals surface area contributed by atoms with Gasteiger partial charge in [-0.2, -0.15) is 0 Å². The topological polar surface area (TPSA) is 27.4 Å². The van der Waals surface area contributed by atoms with Crippen molar-refractivity contribution in [3.8, 4) is 6.07 Å². The second-order valence-electron chi connectivity index (χ2n) is 3.76. The molecule has 0 N–H and O–H groups in total. The monoisotopic (exact) mass is 163 g/mol. The first-order chi connectivity index (χ1) is 5.86. The fourth-order valence-electron chi connectivity index (χ4n) is 2.80. The van der Waals surface area contributed by atoms with E-state index in [0.717, 1.165) is 5.92 Å². The third kappa shape index (κ3) is 0.929. The number of hydrogen-bond acceptors (Lipinski definition) is 1. The summed E-state index contributed by atoms with van der Waals surface area (Å²) in [6.07, 6.45) is 5.97. The highest BCUT2D eigenvalue weighted by Gasteiger charge is 2.45. The third-order valence-electron chi connectivity index (χ3n) is 3.30. The Bertz CT molecular complexity index is 271. The summed E-state index contributed by atoms with van der Waals surface area (Å²) < 4.78 is 0. The number of allylic oxidation sites excluding steroid dienone is 2. The number of rotatable bonds is 0. The summed E-state index contributed by atoms with van der Waals surface area (Å²) >= 11 is 0. The van der Waals surface area contributed by atoms with Gasteiger partial charge >= 0.3 is 6.07 Å². The molecule has 0 spiro atoms. The van der Waals surface area contributed by atoms with Crippen molar-refractivity contribution >= 4 is 0 Å². The predicted molar refractivity (Wildman–Crippen MR) is 48.7 cm³/mol. The summed E-state index contributed by atoms with van der Waals surface area (Å²) in [4.78, 5) is 0. The van der Waals surface area contributed by atoms with Crippen LogP contribution in [0.3, 0.4) is 0 Å². The van der Waals surface area contributed by atoms with Gasteiger partial charge in [-0.3, -0.25) is 0 Å². The van der Waals surface area contributed by atoms with Crippen LogP contribution in [0.4, 0.5) is 0 Å². The maximum absolute atomic E-state index is 10.1. The van der Waals surface area contributed by atoms with Crippen LogP contribution in [0, 0.1) is 29.0 Å². The highest BCUT2D eigenvalue weighted by molar-refractivity contribution is 5.28. The lowest BCUT2D eigenvalue weighted by molar-refractivity contribution is 0.482. The summed E-state index contributed by atoms with van der Waals surface area (Å²) in [5.74, 6) is 1.66. The van der Waals surface area contributed by atoms with Gasteiger partial charge in [0.25, 0.3) is 0 Å². The average Bonchev–Trinajstić information content (AvgIpc) is 2.64. The van der Waals surface area contributed by atoms with Crippen molar-refractivity contribution in [2.45, 2.75) is 26.2 Å². The van der Waals surface area contributed by atoms with Gasteiger partial charge in [0.05, 0.1) is 0 Å². The molecule has 64 valence electrons. The molecular weight excluding hydrogens is 150 g/mol. The van der Waals surface area contributed by atoms with Gasteiger partial charge in [0.15, 0.2) is 0 Å². The Hall–Kier alpha value is -0.970. The summed E-state index contributed by atoms with van der Waals surface area (Å²) in [5, 5.41) is 12.9. The molecule has 2 heteroatoms. The molecule has 0 aromatic rings. The van der Waals surface area contributed by atoms with E-state index in [4.69, 9.17) is 0 Å². The van der Waals surface area contributed by atoms with Crippen LogP contribution in [0.25, 0.3) is 5.01 Å².